The Kier molecular flexibility index (Phi) is 4.05. The van der Waals surface area contributed by atoms with Gasteiger partial charge in [0.1, 0.15) is 5.75 Å². The van der Waals surface area contributed by atoms with Gasteiger partial charge in [-0.15, -0.1) is 0 Å². The number of ether oxygens (including phenoxy) is 1. The molecule has 1 aromatic heterocycles. The zero-order chi connectivity index (χ0) is 17.4. The number of nitrogens with zero attached hydrogens (tertiary/aromatic N) is 2. The largest absolute Gasteiger partial charge is 0.497 e. The first-order chi connectivity index (χ1) is 12.1. The molecule has 1 atom stereocenters. The number of aromatic nitrogens is 1. The van der Waals surface area contributed by atoms with Crippen molar-refractivity contribution in [1.82, 2.24) is 4.98 Å². The molecule has 2 aromatic carbocycles. The van der Waals surface area contributed by atoms with Crippen LogP contribution in [0.3, 0.4) is 0 Å². The molecule has 1 aliphatic heterocycles. The number of thiazole rings is 1. The Morgan fingerprint density at radius 1 is 1.36 bits per heavy atom. The Labute approximate surface area is 150 Å². The maximum absolute atomic E-state index is 12.5. The van der Waals surface area contributed by atoms with Gasteiger partial charge >= 0.3 is 0 Å². The van der Waals surface area contributed by atoms with Crippen LogP contribution in [0.2, 0.25) is 0 Å². The summed E-state index contributed by atoms with van der Waals surface area (Å²) in [7, 11) is 1.64. The van der Waals surface area contributed by atoms with E-state index in [0.717, 1.165) is 28.1 Å². The van der Waals surface area contributed by atoms with Gasteiger partial charge in [-0.2, -0.15) is 0 Å². The highest BCUT2D eigenvalue weighted by atomic mass is 32.1. The van der Waals surface area contributed by atoms with Crippen molar-refractivity contribution in [3.8, 4) is 5.75 Å². The maximum Gasteiger partial charge on any atom is 0.245 e. The van der Waals surface area contributed by atoms with E-state index in [1.165, 1.54) is 16.9 Å². The minimum Gasteiger partial charge on any atom is -0.497 e. The van der Waals surface area contributed by atoms with Crippen LogP contribution in [0.1, 0.15) is 12.5 Å². The van der Waals surface area contributed by atoms with Gasteiger partial charge in [0, 0.05) is 11.7 Å². The van der Waals surface area contributed by atoms with Gasteiger partial charge in [0.05, 0.1) is 23.9 Å². The predicted molar refractivity (Wildman–Crippen MR) is 102 cm³/mol. The Balaban J connectivity index is 1.49. The third-order valence-electron chi connectivity index (χ3n) is 4.50. The van der Waals surface area contributed by atoms with E-state index >= 15 is 0 Å². The monoisotopic (exact) mass is 353 g/mol. The molecule has 2 heterocycles. The van der Waals surface area contributed by atoms with E-state index in [-0.39, 0.29) is 5.91 Å². The second-order valence-electron chi connectivity index (χ2n) is 6.21. The number of fused-ring (bicyclic) bond motifs is 2. The molecule has 5 nitrogen and oxygen atoms in total. The number of nitrogens with one attached hydrogen (secondary N) is 1. The molecule has 0 unspecified atom stereocenters. The van der Waals surface area contributed by atoms with Crippen molar-refractivity contribution in [2.45, 2.75) is 19.4 Å². The SMILES string of the molecule is COc1ccc2nc(NC(=O)CN3c4ccccc4C[C@H]3C)sc2c1. The maximum atomic E-state index is 12.5. The Morgan fingerprint density at radius 3 is 3.04 bits per heavy atom. The lowest BCUT2D eigenvalue weighted by atomic mass is 10.1. The molecule has 0 fully saturated rings. The fourth-order valence-corrected chi connectivity index (χ4v) is 4.18. The fraction of sp³-hybridized carbons (Fsp3) is 0.263. The van der Waals surface area contributed by atoms with E-state index in [9.17, 15) is 4.79 Å². The van der Waals surface area contributed by atoms with E-state index in [1.807, 2.05) is 30.3 Å². The molecule has 128 valence electrons. The summed E-state index contributed by atoms with van der Waals surface area (Å²) in [5.74, 6) is 0.742. The van der Waals surface area contributed by atoms with Crippen LogP contribution < -0.4 is 15.0 Å². The van der Waals surface area contributed by atoms with Gasteiger partial charge in [0.25, 0.3) is 0 Å². The van der Waals surface area contributed by atoms with Gasteiger partial charge in [-0.05, 0) is 43.2 Å². The van der Waals surface area contributed by atoms with Gasteiger partial charge < -0.3 is 15.0 Å². The normalized spacial score (nSPS) is 16.1. The lowest BCUT2D eigenvalue weighted by Gasteiger charge is -2.23. The van der Waals surface area contributed by atoms with Crippen LogP contribution in [-0.4, -0.2) is 30.6 Å². The van der Waals surface area contributed by atoms with Crippen molar-refractivity contribution in [2.24, 2.45) is 0 Å². The lowest BCUT2D eigenvalue weighted by Crippen LogP contribution is -2.37. The summed E-state index contributed by atoms with van der Waals surface area (Å²) in [6.07, 6.45) is 0.977. The van der Waals surface area contributed by atoms with E-state index in [0.29, 0.717) is 17.7 Å². The molecule has 0 saturated carbocycles. The zero-order valence-electron chi connectivity index (χ0n) is 14.2. The van der Waals surface area contributed by atoms with Crippen LogP contribution in [0.15, 0.2) is 42.5 Å². The summed E-state index contributed by atoms with van der Waals surface area (Å²) < 4.78 is 6.23. The first kappa shape index (κ1) is 15.9. The summed E-state index contributed by atoms with van der Waals surface area (Å²) in [4.78, 5) is 19.1. The Bertz CT molecular complexity index is 937. The molecule has 0 spiro atoms. The minimum atomic E-state index is -0.0467. The number of hydrogen-bond donors (Lipinski definition) is 1. The molecule has 6 heteroatoms. The Morgan fingerprint density at radius 2 is 2.20 bits per heavy atom. The van der Waals surface area contributed by atoms with Crippen LogP contribution >= 0.6 is 11.3 Å². The molecule has 0 aliphatic carbocycles. The highest BCUT2D eigenvalue weighted by Gasteiger charge is 2.27. The molecule has 0 bridgehead atoms. The second kappa shape index (κ2) is 6.37. The predicted octanol–water partition coefficient (Wildman–Crippen LogP) is 3.69. The van der Waals surface area contributed by atoms with Gasteiger partial charge in [0.2, 0.25) is 5.91 Å². The average molecular weight is 353 g/mol. The van der Waals surface area contributed by atoms with Crippen LogP contribution in [0, 0.1) is 0 Å². The van der Waals surface area contributed by atoms with Crippen LogP contribution in [0.5, 0.6) is 5.75 Å². The van der Waals surface area contributed by atoms with Crippen molar-refractivity contribution in [3.63, 3.8) is 0 Å². The van der Waals surface area contributed by atoms with Crippen molar-refractivity contribution in [1.29, 1.82) is 0 Å². The number of para-hydroxylation sites is 1. The molecule has 4 rings (SSSR count). The molecule has 0 saturated heterocycles. The third-order valence-corrected chi connectivity index (χ3v) is 5.44. The van der Waals surface area contributed by atoms with Gasteiger partial charge in [0.15, 0.2) is 5.13 Å². The fourth-order valence-electron chi connectivity index (χ4n) is 3.27. The lowest BCUT2D eigenvalue weighted by molar-refractivity contribution is -0.115. The highest BCUT2D eigenvalue weighted by molar-refractivity contribution is 7.22. The van der Waals surface area contributed by atoms with E-state index in [4.69, 9.17) is 4.74 Å². The van der Waals surface area contributed by atoms with Crippen LogP contribution in [0.4, 0.5) is 10.8 Å². The first-order valence-electron chi connectivity index (χ1n) is 8.23. The number of carbonyl (C=O) groups is 1. The second-order valence-corrected chi connectivity index (χ2v) is 7.24. The van der Waals surface area contributed by atoms with E-state index in [1.54, 1.807) is 7.11 Å². The number of rotatable bonds is 4. The number of methoxy groups -OCH3 is 1. The molecular weight excluding hydrogens is 334 g/mol. The number of benzene rings is 2. The van der Waals surface area contributed by atoms with Crippen LogP contribution in [0.25, 0.3) is 10.2 Å². The quantitative estimate of drug-likeness (QED) is 0.777. The number of anilines is 2. The van der Waals surface area contributed by atoms with Gasteiger partial charge in [-0.3, -0.25) is 4.79 Å². The highest BCUT2D eigenvalue weighted by Crippen LogP contribution is 2.32. The molecule has 25 heavy (non-hydrogen) atoms. The standard InChI is InChI=1S/C19H19N3O2S/c1-12-9-13-5-3-4-6-16(13)22(12)11-18(23)21-19-20-15-8-7-14(24-2)10-17(15)25-19/h3-8,10,12H,9,11H2,1-2H3,(H,20,21,23)/t12-/m1/s1. The summed E-state index contributed by atoms with van der Waals surface area (Å²) in [6, 6.07) is 14.3. The van der Waals surface area contributed by atoms with E-state index in [2.05, 4.69) is 34.3 Å². The first-order valence-corrected chi connectivity index (χ1v) is 9.04. The number of carbonyl (C=O) groups excluding carboxylic acids is 1. The number of hydrogen-bond acceptors (Lipinski definition) is 5. The smallest absolute Gasteiger partial charge is 0.245 e. The average Bonchev–Trinajstić information content (AvgIpc) is 3.14. The minimum absolute atomic E-state index is 0.0467. The van der Waals surface area contributed by atoms with Crippen molar-refractivity contribution < 1.29 is 9.53 Å². The summed E-state index contributed by atoms with van der Waals surface area (Å²) in [5.41, 5.74) is 3.31. The summed E-state index contributed by atoms with van der Waals surface area (Å²) in [5, 5.41) is 3.55. The topological polar surface area (TPSA) is 54.5 Å². The molecule has 1 aliphatic rings. The molecule has 3 aromatic rings. The van der Waals surface area contributed by atoms with Crippen molar-refractivity contribution in [2.75, 3.05) is 23.9 Å². The Hall–Kier alpha value is -2.60. The third kappa shape index (κ3) is 3.05. The van der Waals surface area contributed by atoms with Crippen molar-refractivity contribution >= 4 is 38.3 Å². The summed E-state index contributed by atoms with van der Waals surface area (Å²) >= 11 is 1.46. The molecular formula is C19H19N3O2S. The van der Waals surface area contributed by atoms with Crippen LogP contribution in [-0.2, 0) is 11.2 Å². The van der Waals surface area contributed by atoms with Gasteiger partial charge in [-0.1, -0.05) is 29.5 Å². The molecule has 0 radical (unpaired) electrons. The molecule has 1 N–H and O–H groups in total. The van der Waals surface area contributed by atoms with E-state index < -0.39 is 0 Å². The van der Waals surface area contributed by atoms with Crippen molar-refractivity contribution in [3.05, 3.63) is 48.0 Å². The van der Waals surface area contributed by atoms with Gasteiger partial charge in [-0.25, -0.2) is 4.98 Å². The summed E-state index contributed by atoms with van der Waals surface area (Å²) in [6.45, 7) is 2.48. The number of amides is 1. The zero-order valence-corrected chi connectivity index (χ0v) is 15.0. The molecule has 1 amide bonds.